The Balaban J connectivity index is 0.00000176. The van der Waals surface area contributed by atoms with Crippen LogP contribution in [0.15, 0.2) is 58.4 Å². The molecule has 0 atom stereocenters. The second-order valence-electron chi connectivity index (χ2n) is 6.49. The summed E-state index contributed by atoms with van der Waals surface area (Å²) in [7, 11) is 0. The number of hydrogen-bond acceptors (Lipinski definition) is 4. The van der Waals surface area contributed by atoms with E-state index in [0.29, 0.717) is 10.6 Å². The number of rotatable bonds is 5. The van der Waals surface area contributed by atoms with E-state index < -0.39 is 12.0 Å². The monoisotopic (exact) mass is 499 g/mol. The summed E-state index contributed by atoms with van der Waals surface area (Å²) in [6.07, 6.45) is 3.88. The van der Waals surface area contributed by atoms with Gasteiger partial charge >= 0.3 is 6.18 Å². The van der Waals surface area contributed by atoms with Gasteiger partial charge in [-0.2, -0.15) is 13.2 Å². The molecule has 0 saturated carbocycles. The van der Waals surface area contributed by atoms with Crippen LogP contribution in [0.25, 0.3) is 17.3 Å². The zero-order chi connectivity index (χ0) is 23.7. The van der Waals surface area contributed by atoms with Crippen molar-refractivity contribution in [2.75, 3.05) is 0 Å². The quantitative estimate of drug-likeness (QED) is 0.249. The van der Waals surface area contributed by atoms with Crippen LogP contribution in [0.5, 0.6) is 0 Å². The molecule has 3 nitrogen and oxygen atoms in total. The molecule has 0 radical (unpaired) electrons. The van der Waals surface area contributed by atoms with Gasteiger partial charge in [-0.25, -0.2) is 4.99 Å². The van der Waals surface area contributed by atoms with Crippen LogP contribution in [0.3, 0.4) is 0 Å². The van der Waals surface area contributed by atoms with Gasteiger partial charge in [0.2, 0.25) is 5.84 Å². The number of halogens is 4. The van der Waals surface area contributed by atoms with Gasteiger partial charge in [0.05, 0.1) is 5.70 Å². The van der Waals surface area contributed by atoms with Gasteiger partial charge in [-0.05, 0) is 67.1 Å². The van der Waals surface area contributed by atoms with E-state index in [-0.39, 0.29) is 5.70 Å². The Hall–Kier alpha value is -2.00. The standard InChI is InChI=1S/C21H19ClF3N3S2.C2H6/c22-17-8-4-3-7-16(17)18(28-20(26)21(23,24)25)12-14-9-10-19(29-14)13-5-1-2-6-15(11-13)30-27;1-2/h3-4,6-12H,1-2,5,27H2,(H2,26,28);1-2H3/b18-12+;. The van der Waals surface area contributed by atoms with Crippen LogP contribution in [-0.2, 0) is 0 Å². The molecular weight excluding hydrogens is 475 g/mol. The van der Waals surface area contributed by atoms with Crippen LogP contribution in [-0.4, -0.2) is 12.0 Å². The van der Waals surface area contributed by atoms with E-state index in [0.717, 1.165) is 39.5 Å². The van der Waals surface area contributed by atoms with Crippen LogP contribution in [0.2, 0.25) is 5.02 Å². The molecule has 1 aliphatic rings. The number of thiophene rings is 1. The molecule has 172 valence electrons. The Bertz CT molecular complexity index is 1040. The third-order valence-electron chi connectivity index (χ3n) is 4.35. The molecule has 1 aromatic carbocycles. The first-order valence-corrected chi connectivity index (χ1v) is 12.1. The van der Waals surface area contributed by atoms with Crippen LogP contribution in [0.1, 0.15) is 48.4 Å². The molecule has 0 aliphatic heterocycles. The number of allylic oxidation sites excluding steroid dienone is 3. The van der Waals surface area contributed by atoms with Gasteiger partial charge in [0.25, 0.3) is 0 Å². The largest absolute Gasteiger partial charge is 0.448 e. The van der Waals surface area contributed by atoms with Gasteiger partial charge in [0.1, 0.15) is 0 Å². The Morgan fingerprint density at radius 1 is 1.19 bits per heavy atom. The normalized spacial score (nSPS) is 15.3. The van der Waals surface area contributed by atoms with Crippen LogP contribution < -0.4 is 10.9 Å². The summed E-state index contributed by atoms with van der Waals surface area (Å²) in [5, 5.41) is 6.00. The van der Waals surface area contributed by atoms with E-state index >= 15 is 0 Å². The van der Waals surface area contributed by atoms with Crippen molar-refractivity contribution in [3.8, 4) is 0 Å². The minimum absolute atomic E-state index is 0.0526. The second kappa shape index (κ2) is 12.3. The smallest absolute Gasteiger partial charge is 0.380 e. The highest BCUT2D eigenvalue weighted by Crippen LogP contribution is 2.35. The number of amidine groups is 1. The molecule has 32 heavy (non-hydrogen) atoms. The van der Waals surface area contributed by atoms with E-state index in [1.54, 1.807) is 30.3 Å². The molecule has 1 heterocycles. The Morgan fingerprint density at radius 3 is 2.56 bits per heavy atom. The van der Waals surface area contributed by atoms with Gasteiger partial charge in [-0.3, -0.25) is 5.14 Å². The summed E-state index contributed by atoms with van der Waals surface area (Å²) in [6.45, 7) is 4.00. The van der Waals surface area contributed by atoms with Crippen molar-refractivity contribution in [3.63, 3.8) is 0 Å². The van der Waals surface area contributed by atoms with Crippen molar-refractivity contribution in [2.24, 2.45) is 15.9 Å². The van der Waals surface area contributed by atoms with Crippen molar-refractivity contribution in [1.29, 1.82) is 0 Å². The molecule has 0 fully saturated rings. The summed E-state index contributed by atoms with van der Waals surface area (Å²) in [4.78, 5) is 6.43. The number of benzene rings is 1. The Morgan fingerprint density at radius 2 is 1.91 bits per heavy atom. The lowest BCUT2D eigenvalue weighted by Gasteiger charge is -2.09. The molecule has 0 bridgehead atoms. The minimum Gasteiger partial charge on any atom is -0.380 e. The average Bonchev–Trinajstić information content (AvgIpc) is 3.10. The molecule has 1 aromatic heterocycles. The first kappa shape index (κ1) is 26.3. The number of nitrogens with two attached hydrogens (primary N) is 2. The Labute approximate surface area is 199 Å². The van der Waals surface area contributed by atoms with Crippen LogP contribution in [0.4, 0.5) is 13.2 Å². The fourth-order valence-corrected chi connectivity index (χ4v) is 4.53. The topological polar surface area (TPSA) is 64.4 Å². The summed E-state index contributed by atoms with van der Waals surface area (Å²) < 4.78 is 38.9. The van der Waals surface area contributed by atoms with Gasteiger partial charge in [-0.1, -0.05) is 49.7 Å². The van der Waals surface area contributed by atoms with E-state index in [4.69, 9.17) is 22.5 Å². The highest BCUT2D eigenvalue weighted by atomic mass is 35.5. The summed E-state index contributed by atoms with van der Waals surface area (Å²) >= 11 is 8.88. The van der Waals surface area contributed by atoms with Crippen LogP contribution >= 0.6 is 34.9 Å². The molecule has 0 amide bonds. The highest BCUT2D eigenvalue weighted by Gasteiger charge is 2.34. The first-order chi connectivity index (χ1) is 15.3. The molecule has 0 unspecified atom stereocenters. The average molecular weight is 500 g/mol. The zero-order valence-corrected chi connectivity index (χ0v) is 20.1. The lowest BCUT2D eigenvalue weighted by molar-refractivity contribution is -0.0597. The summed E-state index contributed by atoms with van der Waals surface area (Å²) in [5.41, 5.74) is 6.76. The van der Waals surface area contributed by atoms with Crippen molar-refractivity contribution in [3.05, 3.63) is 73.8 Å². The minimum atomic E-state index is -4.73. The number of nitrogens with zero attached hydrogens (tertiary/aromatic N) is 1. The molecule has 9 heteroatoms. The van der Waals surface area contributed by atoms with Crippen molar-refractivity contribution >= 4 is 58.1 Å². The first-order valence-electron chi connectivity index (χ1n) is 10.0. The number of alkyl halides is 3. The van der Waals surface area contributed by atoms with Gasteiger partial charge in [0.15, 0.2) is 0 Å². The highest BCUT2D eigenvalue weighted by molar-refractivity contribution is 8.01. The van der Waals surface area contributed by atoms with Crippen molar-refractivity contribution < 1.29 is 13.2 Å². The predicted molar refractivity (Wildman–Crippen MR) is 134 cm³/mol. The maximum Gasteiger partial charge on any atom is 0.448 e. The van der Waals surface area contributed by atoms with Gasteiger partial charge in [-0.15, -0.1) is 11.3 Å². The molecule has 4 N–H and O–H groups in total. The van der Waals surface area contributed by atoms with Gasteiger partial charge in [0, 0.05) is 25.2 Å². The molecule has 2 aromatic rings. The fourth-order valence-electron chi connectivity index (χ4n) is 2.89. The summed E-state index contributed by atoms with van der Waals surface area (Å²) in [5.74, 6) is -1.42. The van der Waals surface area contributed by atoms with E-state index in [1.807, 2.05) is 26.0 Å². The molecule has 0 spiro atoms. The number of aliphatic imine (C=N–C) groups is 1. The van der Waals surface area contributed by atoms with E-state index in [9.17, 15) is 13.2 Å². The van der Waals surface area contributed by atoms with Gasteiger partial charge < -0.3 is 5.73 Å². The SMILES string of the molecule is CC.NSC1=CCCCC(c2ccc(/C=C(/N=C(N)C(F)(F)F)c3ccccc3Cl)s2)=C1. The van der Waals surface area contributed by atoms with Crippen molar-refractivity contribution in [2.45, 2.75) is 39.3 Å². The lowest BCUT2D eigenvalue weighted by Crippen LogP contribution is -2.31. The molecule has 0 saturated heterocycles. The fraction of sp³-hybridized carbons (Fsp3) is 0.261. The maximum atomic E-state index is 13.0. The third kappa shape index (κ3) is 7.27. The predicted octanol–water partition coefficient (Wildman–Crippen LogP) is 7.90. The maximum absolute atomic E-state index is 13.0. The Kier molecular flexibility index (Phi) is 10.1. The van der Waals surface area contributed by atoms with E-state index in [2.05, 4.69) is 17.1 Å². The van der Waals surface area contributed by atoms with Crippen molar-refractivity contribution in [1.82, 2.24) is 0 Å². The summed E-state index contributed by atoms with van der Waals surface area (Å²) in [6, 6.07) is 10.4. The van der Waals surface area contributed by atoms with E-state index in [1.165, 1.54) is 23.3 Å². The molecule has 3 rings (SSSR count). The lowest BCUT2D eigenvalue weighted by atomic mass is 10.1. The molecular formula is C23H25ClF3N3S2. The van der Waals surface area contributed by atoms with Crippen LogP contribution in [0, 0.1) is 0 Å². The third-order valence-corrected chi connectivity index (χ3v) is 6.35. The second-order valence-corrected chi connectivity index (χ2v) is 8.72. The molecule has 1 aliphatic carbocycles. The zero-order valence-electron chi connectivity index (χ0n) is 17.7. The number of hydrogen-bond donors (Lipinski definition) is 2.